The van der Waals surface area contributed by atoms with Crippen LogP contribution in [0.5, 0.6) is 11.5 Å². The van der Waals surface area contributed by atoms with Gasteiger partial charge in [0.25, 0.3) is 5.91 Å². The number of hydrogen-bond donors (Lipinski definition) is 0. The molecule has 3 rings (SSSR count). The Hall–Kier alpha value is -2.31. The molecule has 1 amide bonds. The Labute approximate surface area is 163 Å². The summed E-state index contributed by atoms with van der Waals surface area (Å²) in [6.45, 7) is 3.88. The van der Waals surface area contributed by atoms with E-state index in [0.717, 1.165) is 19.6 Å². The molecule has 0 bridgehead atoms. The minimum atomic E-state index is -0.450. The molecule has 1 fully saturated rings. The van der Waals surface area contributed by atoms with Crippen molar-refractivity contribution in [2.75, 3.05) is 46.4 Å². The molecular weight excluding hydrogens is 371 g/mol. The third-order valence-corrected chi connectivity index (χ3v) is 4.87. The summed E-state index contributed by atoms with van der Waals surface area (Å²) >= 11 is 6.07. The molecule has 0 atom stereocenters. The number of halogens is 2. The van der Waals surface area contributed by atoms with E-state index in [1.54, 1.807) is 11.0 Å². The molecule has 7 heteroatoms. The fraction of sp³-hybridized carbons (Fsp3) is 0.350. The van der Waals surface area contributed by atoms with Crippen molar-refractivity contribution in [1.82, 2.24) is 9.80 Å². The van der Waals surface area contributed by atoms with Crippen LogP contribution in [0.3, 0.4) is 0 Å². The number of rotatable bonds is 6. The Morgan fingerprint density at radius 3 is 2.56 bits per heavy atom. The van der Waals surface area contributed by atoms with Gasteiger partial charge in [0.1, 0.15) is 23.9 Å². The Bertz CT molecular complexity index is 795. The van der Waals surface area contributed by atoms with Crippen LogP contribution in [0.25, 0.3) is 0 Å². The van der Waals surface area contributed by atoms with Gasteiger partial charge in [-0.2, -0.15) is 0 Å². The van der Waals surface area contributed by atoms with E-state index in [0.29, 0.717) is 36.2 Å². The molecule has 0 N–H and O–H groups in total. The van der Waals surface area contributed by atoms with Gasteiger partial charge in [-0.15, -0.1) is 0 Å². The average molecular weight is 393 g/mol. The molecular formula is C20H22ClFN2O3. The van der Waals surface area contributed by atoms with Crippen LogP contribution in [0.15, 0.2) is 42.5 Å². The van der Waals surface area contributed by atoms with E-state index in [4.69, 9.17) is 21.1 Å². The van der Waals surface area contributed by atoms with Gasteiger partial charge >= 0.3 is 0 Å². The largest absolute Gasteiger partial charge is 0.496 e. The fourth-order valence-corrected chi connectivity index (χ4v) is 3.23. The highest BCUT2D eigenvalue weighted by Gasteiger charge is 2.24. The van der Waals surface area contributed by atoms with Gasteiger partial charge in [0.15, 0.2) is 0 Å². The lowest BCUT2D eigenvalue weighted by Crippen LogP contribution is -2.49. The lowest BCUT2D eigenvalue weighted by atomic mass is 10.1. The molecule has 0 saturated carbocycles. The first kappa shape index (κ1) is 19.5. The summed E-state index contributed by atoms with van der Waals surface area (Å²) in [5.41, 5.74) is 0.257. The Morgan fingerprint density at radius 2 is 1.85 bits per heavy atom. The standard InChI is InChI=1S/C20H22ClFN2O3/c1-26-18-7-6-15(22)14-16(18)20(25)24-10-8-23(9-11-24)12-13-27-19-5-3-2-4-17(19)21/h2-7,14H,8-13H2,1H3. The number of methoxy groups -OCH3 is 1. The third-order valence-electron chi connectivity index (χ3n) is 4.55. The summed E-state index contributed by atoms with van der Waals surface area (Å²) < 4.78 is 24.4. The van der Waals surface area contributed by atoms with E-state index in [9.17, 15) is 9.18 Å². The summed E-state index contributed by atoms with van der Waals surface area (Å²) in [5.74, 6) is 0.399. The molecule has 0 radical (unpaired) electrons. The monoisotopic (exact) mass is 392 g/mol. The minimum Gasteiger partial charge on any atom is -0.496 e. The number of para-hydroxylation sites is 1. The third kappa shape index (κ3) is 4.90. The molecule has 0 aliphatic carbocycles. The van der Waals surface area contributed by atoms with Crippen LogP contribution in [0.2, 0.25) is 5.02 Å². The average Bonchev–Trinajstić information content (AvgIpc) is 2.69. The highest BCUT2D eigenvalue weighted by atomic mass is 35.5. The van der Waals surface area contributed by atoms with Gasteiger partial charge in [-0.25, -0.2) is 4.39 Å². The summed E-state index contributed by atoms with van der Waals surface area (Å²) in [6.07, 6.45) is 0. The van der Waals surface area contributed by atoms with Crippen molar-refractivity contribution in [2.45, 2.75) is 0 Å². The molecule has 1 saturated heterocycles. The molecule has 5 nitrogen and oxygen atoms in total. The van der Waals surface area contributed by atoms with Crippen LogP contribution < -0.4 is 9.47 Å². The molecule has 2 aromatic carbocycles. The quantitative estimate of drug-likeness (QED) is 0.756. The maximum absolute atomic E-state index is 13.5. The zero-order valence-electron chi connectivity index (χ0n) is 15.2. The van der Waals surface area contributed by atoms with Gasteiger partial charge in [-0.3, -0.25) is 9.69 Å². The number of nitrogens with zero attached hydrogens (tertiary/aromatic N) is 2. The van der Waals surface area contributed by atoms with E-state index in [1.165, 1.54) is 25.3 Å². The SMILES string of the molecule is COc1ccc(F)cc1C(=O)N1CCN(CCOc2ccccc2Cl)CC1. The van der Waals surface area contributed by atoms with Crippen molar-refractivity contribution in [3.05, 3.63) is 58.9 Å². The van der Waals surface area contributed by atoms with E-state index >= 15 is 0 Å². The second-order valence-corrected chi connectivity index (χ2v) is 6.66. The maximum atomic E-state index is 13.5. The van der Waals surface area contributed by atoms with Crippen molar-refractivity contribution in [1.29, 1.82) is 0 Å². The van der Waals surface area contributed by atoms with Crippen LogP contribution >= 0.6 is 11.6 Å². The molecule has 144 valence electrons. The molecule has 1 heterocycles. The highest BCUT2D eigenvalue weighted by molar-refractivity contribution is 6.32. The van der Waals surface area contributed by atoms with Crippen molar-refractivity contribution < 1.29 is 18.7 Å². The number of ether oxygens (including phenoxy) is 2. The summed E-state index contributed by atoms with van der Waals surface area (Å²) in [5, 5.41) is 0.594. The second-order valence-electron chi connectivity index (χ2n) is 6.26. The fourth-order valence-electron chi connectivity index (χ4n) is 3.04. The number of benzene rings is 2. The minimum absolute atomic E-state index is 0.210. The van der Waals surface area contributed by atoms with Crippen LogP contribution in [0, 0.1) is 5.82 Å². The topological polar surface area (TPSA) is 42.0 Å². The normalized spacial score (nSPS) is 14.9. The predicted molar refractivity (Wildman–Crippen MR) is 102 cm³/mol. The predicted octanol–water partition coefficient (Wildman–Crippen LogP) is 3.32. The zero-order valence-corrected chi connectivity index (χ0v) is 15.9. The Balaban J connectivity index is 1.49. The van der Waals surface area contributed by atoms with Gasteiger partial charge in [0.05, 0.1) is 17.7 Å². The molecule has 27 heavy (non-hydrogen) atoms. The number of hydrogen-bond acceptors (Lipinski definition) is 4. The number of carbonyl (C=O) groups is 1. The molecule has 2 aromatic rings. The van der Waals surface area contributed by atoms with Crippen LogP contribution in [-0.2, 0) is 0 Å². The first-order chi connectivity index (χ1) is 13.1. The van der Waals surface area contributed by atoms with Crippen LogP contribution in [0.4, 0.5) is 4.39 Å². The van der Waals surface area contributed by atoms with Crippen LogP contribution in [0.1, 0.15) is 10.4 Å². The van der Waals surface area contributed by atoms with E-state index < -0.39 is 5.82 Å². The lowest BCUT2D eigenvalue weighted by molar-refractivity contribution is 0.0616. The van der Waals surface area contributed by atoms with Crippen LogP contribution in [-0.4, -0.2) is 62.1 Å². The number of carbonyl (C=O) groups excluding carboxylic acids is 1. The first-order valence-corrected chi connectivity index (χ1v) is 9.19. The van der Waals surface area contributed by atoms with Gasteiger partial charge < -0.3 is 14.4 Å². The zero-order chi connectivity index (χ0) is 19.2. The first-order valence-electron chi connectivity index (χ1n) is 8.81. The second kappa shape index (κ2) is 9.06. The van der Waals surface area contributed by atoms with Gasteiger partial charge in [-0.05, 0) is 30.3 Å². The van der Waals surface area contributed by atoms with E-state index in [2.05, 4.69) is 4.90 Å². The van der Waals surface area contributed by atoms with Crippen molar-refractivity contribution in [2.24, 2.45) is 0 Å². The molecule has 1 aliphatic rings. The van der Waals surface area contributed by atoms with Crippen molar-refractivity contribution >= 4 is 17.5 Å². The summed E-state index contributed by atoms with van der Waals surface area (Å²) in [7, 11) is 1.47. The van der Waals surface area contributed by atoms with E-state index in [1.807, 2.05) is 18.2 Å². The molecule has 0 spiro atoms. The molecule has 0 aromatic heterocycles. The number of amides is 1. The van der Waals surface area contributed by atoms with Crippen molar-refractivity contribution in [3.63, 3.8) is 0 Å². The lowest BCUT2D eigenvalue weighted by Gasteiger charge is -2.34. The van der Waals surface area contributed by atoms with Gasteiger partial charge in [0.2, 0.25) is 0 Å². The molecule has 0 unspecified atom stereocenters. The summed E-state index contributed by atoms with van der Waals surface area (Å²) in [4.78, 5) is 16.6. The Kier molecular flexibility index (Phi) is 6.53. The van der Waals surface area contributed by atoms with Gasteiger partial charge in [-0.1, -0.05) is 23.7 Å². The van der Waals surface area contributed by atoms with Crippen molar-refractivity contribution in [3.8, 4) is 11.5 Å². The van der Waals surface area contributed by atoms with E-state index in [-0.39, 0.29) is 11.5 Å². The Morgan fingerprint density at radius 1 is 1.11 bits per heavy atom. The summed E-state index contributed by atoms with van der Waals surface area (Å²) in [6, 6.07) is 11.4. The number of piperazine rings is 1. The molecule has 1 aliphatic heterocycles. The smallest absolute Gasteiger partial charge is 0.257 e. The highest BCUT2D eigenvalue weighted by Crippen LogP contribution is 2.23. The maximum Gasteiger partial charge on any atom is 0.257 e. The van der Waals surface area contributed by atoms with Gasteiger partial charge in [0, 0.05) is 32.7 Å².